The molecule has 0 spiro atoms. The zero-order valence-corrected chi connectivity index (χ0v) is 16.7. The zero-order chi connectivity index (χ0) is 18.8. The van der Waals surface area contributed by atoms with Crippen LogP contribution in [0.25, 0.3) is 0 Å². The second-order valence-electron chi connectivity index (χ2n) is 7.30. The van der Waals surface area contributed by atoms with Gasteiger partial charge in [-0.05, 0) is 19.4 Å². The van der Waals surface area contributed by atoms with E-state index in [1.165, 1.54) is 96.5 Å². The first-order chi connectivity index (χ1) is 12.1. The maximum absolute atomic E-state index is 11.6. The topological polar surface area (TPSA) is 54.4 Å². The highest BCUT2D eigenvalue weighted by Gasteiger charge is 2.04. The van der Waals surface area contributed by atoms with Crippen LogP contribution in [-0.2, 0) is 9.59 Å². The van der Waals surface area contributed by atoms with E-state index in [0.29, 0.717) is 6.42 Å². The monoisotopic (exact) mass is 352 g/mol. The van der Waals surface area contributed by atoms with Crippen LogP contribution in [0.4, 0.5) is 0 Å². The second-order valence-corrected chi connectivity index (χ2v) is 7.30. The van der Waals surface area contributed by atoms with Crippen molar-refractivity contribution in [3.8, 4) is 0 Å². The normalized spacial score (nSPS) is 11.7. The standard InChI is InChI=1S/C22H40O3/c1-3-4-5-6-7-8-9-10-11-12-13-14-15-16-17-18-21(23)19-20(2)22(24)25/h19H,3-18H2,1-2H3,(H,24,25)/b20-19+. The zero-order valence-electron chi connectivity index (χ0n) is 16.7. The Morgan fingerprint density at radius 2 is 1.04 bits per heavy atom. The number of hydrogen-bond donors (Lipinski definition) is 1. The van der Waals surface area contributed by atoms with Gasteiger partial charge in [0.1, 0.15) is 0 Å². The molecule has 0 fully saturated rings. The Morgan fingerprint density at radius 3 is 1.40 bits per heavy atom. The lowest BCUT2D eigenvalue weighted by Gasteiger charge is -2.03. The summed E-state index contributed by atoms with van der Waals surface area (Å²) in [5.41, 5.74) is 0.131. The number of hydrogen-bond acceptors (Lipinski definition) is 2. The van der Waals surface area contributed by atoms with Gasteiger partial charge in [-0.2, -0.15) is 0 Å². The summed E-state index contributed by atoms with van der Waals surface area (Å²) in [6.45, 7) is 3.73. The lowest BCUT2D eigenvalue weighted by Crippen LogP contribution is -2.01. The molecule has 0 aliphatic heterocycles. The molecule has 0 aromatic heterocycles. The van der Waals surface area contributed by atoms with Gasteiger partial charge in [-0.15, -0.1) is 0 Å². The van der Waals surface area contributed by atoms with E-state index in [4.69, 9.17) is 5.11 Å². The maximum Gasteiger partial charge on any atom is 0.331 e. The fourth-order valence-electron chi connectivity index (χ4n) is 3.05. The number of carbonyl (C=O) groups is 2. The van der Waals surface area contributed by atoms with E-state index in [1.807, 2.05) is 0 Å². The molecule has 25 heavy (non-hydrogen) atoms. The van der Waals surface area contributed by atoms with Gasteiger partial charge in [0.2, 0.25) is 0 Å². The fraction of sp³-hybridized carbons (Fsp3) is 0.818. The third-order valence-corrected chi connectivity index (χ3v) is 4.74. The Balaban J connectivity index is 3.25. The van der Waals surface area contributed by atoms with E-state index in [9.17, 15) is 9.59 Å². The van der Waals surface area contributed by atoms with Crippen LogP contribution >= 0.6 is 0 Å². The third-order valence-electron chi connectivity index (χ3n) is 4.74. The molecule has 0 unspecified atom stereocenters. The van der Waals surface area contributed by atoms with Crippen LogP contribution in [0.5, 0.6) is 0 Å². The molecule has 3 nitrogen and oxygen atoms in total. The molecule has 0 saturated carbocycles. The summed E-state index contributed by atoms with van der Waals surface area (Å²) in [6.07, 6.45) is 21.3. The number of aliphatic carboxylic acids is 1. The molecule has 0 heterocycles. The van der Waals surface area contributed by atoms with E-state index in [2.05, 4.69) is 6.92 Å². The Labute approximate surface area is 155 Å². The summed E-state index contributed by atoms with van der Waals surface area (Å²) >= 11 is 0. The lowest BCUT2D eigenvalue weighted by atomic mass is 10.0. The van der Waals surface area contributed by atoms with Gasteiger partial charge in [0, 0.05) is 12.0 Å². The molecule has 3 heteroatoms. The average molecular weight is 353 g/mol. The number of carbonyl (C=O) groups excluding carboxylic acids is 1. The van der Waals surface area contributed by atoms with Crippen LogP contribution in [0, 0.1) is 0 Å². The first-order valence-corrected chi connectivity index (χ1v) is 10.5. The van der Waals surface area contributed by atoms with E-state index < -0.39 is 5.97 Å². The second kappa shape index (κ2) is 17.7. The molecule has 0 bridgehead atoms. The van der Waals surface area contributed by atoms with Gasteiger partial charge >= 0.3 is 5.97 Å². The molecule has 0 amide bonds. The Hall–Kier alpha value is -1.12. The highest BCUT2D eigenvalue weighted by Crippen LogP contribution is 2.13. The minimum absolute atomic E-state index is 0.0606. The molecular formula is C22H40O3. The minimum atomic E-state index is -1.01. The van der Waals surface area contributed by atoms with Crippen molar-refractivity contribution >= 4 is 11.8 Å². The van der Waals surface area contributed by atoms with Crippen molar-refractivity contribution in [3.63, 3.8) is 0 Å². The van der Waals surface area contributed by atoms with Gasteiger partial charge in [-0.1, -0.05) is 96.8 Å². The summed E-state index contributed by atoms with van der Waals surface area (Å²) in [4.78, 5) is 22.2. The van der Waals surface area contributed by atoms with Crippen LogP contribution in [0.15, 0.2) is 11.6 Å². The Kier molecular flexibility index (Phi) is 16.9. The minimum Gasteiger partial charge on any atom is -0.478 e. The molecule has 0 radical (unpaired) electrons. The Morgan fingerprint density at radius 1 is 0.680 bits per heavy atom. The fourth-order valence-corrected chi connectivity index (χ4v) is 3.05. The van der Waals surface area contributed by atoms with E-state index in [0.717, 1.165) is 12.8 Å². The number of allylic oxidation sites excluding steroid dienone is 1. The third kappa shape index (κ3) is 17.5. The highest BCUT2D eigenvalue weighted by molar-refractivity contribution is 5.98. The van der Waals surface area contributed by atoms with Crippen molar-refractivity contribution < 1.29 is 14.7 Å². The summed E-state index contributed by atoms with van der Waals surface area (Å²) < 4.78 is 0. The van der Waals surface area contributed by atoms with Crippen molar-refractivity contribution in [2.45, 2.75) is 117 Å². The predicted octanol–water partition coefficient (Wildman–Crippen LogP) is 6.85. The summed E-state index contributed by atoms with van der Waals surface area (Å²) in [7, 11) is 0. The van der Waals surface area contributed by atoms with Crippen LogP contribution in [0.2, 0.25) is 0 Å². The van der Waals surface area contributed by atoms with Crippen molar-refractivity contribution in [3.05, 3.63) is 11.6 Å². The highest BCUT2D eigenvalue weighted by atomic mass is 16.4. The molecular weight excluding hydrogens is 312 g/mol. The lowest BCUT2D eigenvalue weighted by molar-refractivity contribution is -0.132. The van der Waals surface area contributed by atoms with Gasteiger partial charge in [0.05, 0.1) is 0 Å². The maximum atomic E-state index is 11.6. The molecule has 0 aliphatic rings. The van der Waals surface area contributed by atoms with Gasteiger partial charge in [-0.25, -0.2) is 4.79 Å². The van der Waals surface area contributed by atoms with E-state index in [-0.39, 0.29) is 11.4 Å². The quantitative estimate of drug-likeness (QED) is 0.217. The first kappa shape index (κ1) is 23.9. The number of ketones is 1. The van der Waals surface area contributed by atoms with Gasteiger partial charge in [0.25, 0.3) is 0 Å². The van der Waals surface area contributed by atoms with Gasteiger partial charge in [0.15, 0.2) is 5.78 Å². The van der Waals surface area contributed by atoms with E-state index in [1.54, 1.807) is 0 Å². The summed E-state index contributed by atoms with van der Waals surface area (Å²) in [5.74, 6) is -1.07. The molecule has 0 aromatic carbocycles. The SMILES string of the molecule is CCCCCCCCCCCCCCCCCC(=O)/C=C(\C)C(=O)O. The first-order valence-electron chi connectivity index (χ1n) is 10.5. The molecule has 146 valence electrons. The average Bonchev–Trinajstić information content (AvgIpc) is 2.58. The van der Waals surface area contributed by atoms with Gasteiger partial charge < -0.3 is 5.11 Å². The van der Waals surface area contributed by atoms with Crippen molar-refractivity contribution in [2.24, 2.45) is 0 Å². The Bertz CT molecular complexity index is 371. The smallest absolute Gasteiger partial charge is 0.331 e. The molecule has 0 saturated heterocycles. The van der Waals surface area contributed by atoms with Crippen molar-refractivity contribution in [1.29, 1.82) is 0 Å². The van der Waals surface area contributed by atoms with Gasteiger partial charge in [-0.3, -0.25) is 4.79 Å². The number of carboxylic acid groups (broad SMARTS) is 1. The molecule has 1 N–H and O–H groups in total. The molecule has 0 atom stereocenters. The van der Waals surface area contributed by atoms with Crippen LogP contribution in [-0.4, -0.2) is 16.9 Å². The molecule has 0 aliphatic carbocycles. The largest absolute Gasteiger partial charge is 0.478 e. The summed E-state index contributed by atoms with van der Waals surface area (Å²) in [5, 5.41) is 8.71. The number of unbranched alkanes of at least 4 members (excludes halogenated alkanes) is 14. The van der Waals surface area contributed by atoms with E-state index >= 15 is 0 Å². The van der Waals surface area contributed by atoms with Crippen molar-refractivity contribution in [1.82, 2.24) is 0 Å². The van der Waals surface area contributed by atoms with Crippen LogP contribution in [0.1, 0.15) is 117 Å². The number of rotatable bonds is 18. The summed E-state index contributed by atoms with van der Waals surface area (Å²) in [6, 6.07) is 0. The number of carboxylic acids is 1. The van der Waals surface area contributed by atoms with Crippen LogP contribution < -0.4 is 0 Å². The van der Waals surface area contributed by atoms with Crippen molar-refractivity contribution in [2.75, 3.05) is 0 Å². The molecule has 0 rings (SSSR count). The predicted molar refractivity (Wildman–Crippen MR) is 106 cm³/mol. The molecule has 0 aromatic rings. The van der Waals surface area contributed by atoms with Crippen LogP contribution in [0.3, 0.4) is 0 Å².